The van der Waals surface area contributed by atoms with E-state index in [2.05, 4.69) is 22.8 Å². The first-order valence-corrected chi connectivity index (χ1v) is 10.7. The predicted octanol–water partition coefficient (Wildman–Crippen LogP) is 2.11. The van der Waals surface area contributed by atoms with Crippen LogP contribution >= 0.6 is 0 Å². The first kappa shape index (κ1) is 21.8. The molecule has 4 atom stereocenters. The van der Waals surface area contributed by atoms with Crippen LogP contribution in [0.15, 0.2) is 48.5 Å². The van der Waals surface area contributed by atoms with Crippen LogP contribution in [0.3, 0.4) is 0 Å². The lowest BCUT2D eigenvalue weighted by atomic mass is 9.98. The number of aliphatic hydroxyl groups is 1. The van der Waals surface area contributed by atoms with Crippen LogP contribution in [0.25, 0.3) is 11.1 Å². The zero-order chi connectivity index (χ0) is 22.8. The van der Waals surface area contributed by atoms with Gasteiger partial charge in [-0.3, -0.25) is 4.79 Å². The largest absolute Gasteiger partial charge is 0.480 e. The van der Waals surface area contributed by atoms with Gasteiger partial charge in [0, 0.05) is 18.4 Å². The van der Waals surface area contributed by atoms with Crippen molar-refractivity contribution in [3.8, 4) is 11.1 Å². The predicted molar refractivity (Wildman–Crippen MR) is 116 cm³/mol. The molecule has 2 aliphatic carbocycles. The third-order valence-corrected chi connectivity index (χ3v) is 6.16. The van der Waals surface area contributed by atoms with Crippen LogP contribution < -0.4 is 10.6 Å². The van der Waals surface area contributed by atoms with Crippen molar-refractivity contribution in [3.05, 3.63) is 59.7 Å². The van der Waals surface area contributed by atoms with Crippen molar-refractivity contribution >= 4 is 18.0 Å². The van der Waals surface area contributed by atoms with Crippen LogP contribution in [0.1, 0.15) is 30.4 Å². The van der Waals surface area contributed by atoms with Crippen molar-refractivity contribution in [3.63, 3.8) is 0 Å². The third-order valence-electron chi connectivity index (χ3n) is 6.16. The second-order valence-corrected chi connectivity index (χ2v) is 8.37. The lowest BCUT2D eigenvalue weighted by Gasteiger charge is -2.17. The molecule has 2 aromatic rings. The summed E-state index contributed by atoms with van der Waals surface area (Å²) < 4.78 is 5.48. The van der Waals surface area contributed by atoms with Crippen molar-refractivity contribution in [2.24, 2.45) is 11.8 Å². The van der Waals surface area contributed by atoms with Crippen LogP contribution in [-0.2, 0) is 14.3 Å². The Kier molecular flexibility index (Phi) is 6.14. The normalized spacial score (nSPS) is 20.4. The average molecular weight is 438 g/mol. The van der Waals surface area contributed by atoms with Gasteiger partial charge in [-0.15, -0.1) is 0 Å². The minimum Gasteiger partial charge on any atom is -0.480 e. The number of aliphatic carboxylic acids is 1. The maximum Gasteiger partial charge on any atom is 0.407 e. The highest BCUT2D eigenvalue weighted by Gasteiger charge is 2.44. The molecule has 0 aromatic heterocycles. The molecule has 1 fully saturated rings. The van der Waals surface area contributed by atoms with Gasteiger partial charge in [-0.1, -0.05) is 48.5 Å². The Bertz CT molecular complexity index is 991. The summed E-state index contributed by atoms with van der Waals surface area (Å²) in [5, 5.41) is 23.6. The average Bonchev–Trinajstić information content (AvgIpc) is 3.49. The summed E-state index contributed by atoms with van der Waals surface area (Å²) in [4.78, 5) is 35.5. The molecule has 0 bridgehead atoms. The van der Waals surface area contributed by atoms with Gasteiger partial charge >= 0.3 is 12.1 Å². The fourth-order valence-electron chi connectivity index (χ4n) is 4.31. The Morgan fingerprint density at radius 1 is 1.06 bits per heavy atom. The van der Waals surface area contributed by atoms with Gasteiger partial charge in [0.1, 0.15) is 6.61 Å². The van der Waals surface area contributed by atoms with Gasteiger partial charge in [0.15, 0.2) is 6.04 Å². The SMILES string of the molecule is CC(O)C(NC(=O)[C@@H]1C[C@@H]1CNC(=O)OCC1c2ccccc2-c2ccccc21)C(=O)O. The van der Waals surface area contributed by atoms with Gasteiger partial charge in [-0.2, -0.15) is 0 Å². The Hall–Kier alpha value is -3.39. The Morgan fingerprint density at radius 3 is 2.22 bits per heavy atom. The molecule has 2 aliphatic rings. The molecule has 0 heterocycles. The molecule has 32 heavy (non-hydrogen) atoms. The summed E-state index contributed by atoms with van der Waals surface area (Å²) in [5.41, 5.74) is 4.57. The van der Waals surface area contributed by atoms with Crippen molar-refractivity contribution < 1.29 is 29.3 Å². The van der Waals surface area contributed by atoms with E-state index in [-0.39, 0.29) is 30.9 Å². The summed E-state index contributed by atoms with van der Waals surface area (Å²) in [7, 11) is 0. The van der Waals surface area contributed by atoms with E-state index < -0.39 is 30.1 Å². The minimum absolute atomic E-state index is 0.0268. The number of hydrogen-bond acceptors (Lipinski definition) is 5. The lowest BCUT2D eigenvalue weighted by molar-refractivity contribution is -0.145. The number of carbonyl (C=O) groups is 3. The number of nitrogens with one attached hydrogen (secondary N) is 2. The molecule has 2 aromatic carbocycles. The van der Waals surface area contributed by atoms with Gasteiger partial charge in [-0.05, 0) is 41.5 Å². The number of amides is 2. The minimum atomic E-state index is -1.35. The zero-order valence-electron chi connectivity index (χ0n) is 17.7. The van der Waals surface area contributed by atoms with E-state index in [0.717, 1.165) is 22.3 Å². The number of ether oxygens (including phenoxy) is 1. The number of rotatable bonds is 8. The molecule has 0 aliphatic heterocycles. The molecule has 1 saturated carbocycles. The van der Waals surface area contributed by atoms with E-state index in [1.807, 2.05) is 36.4 Å². The Balaban J connectivity index is 1.26. The lowest BCUT2D eigenvalue weighted by Crippen LogP contribution is -2.48. The van der Waals surface area contributed by atoms with E-state index in [0.29, 0.717) is 6.42 Å². The molecule has 4 rings (SSSR count). The van der Waals surface area contributed by atoms with E-state index in [4.69, 9.17) is 9.84 Å². The first-order chi connectivity index (χ1) is 15.4. The van der Waals surface area contributed by atoms with Crippen LogP contribution in [0.5, 0.6) is 0 Å². The first-order valence-electron chi connectivity index (χ1n) is 10.7. The Morgan fingerprint density at radius 2 is 1.66 bits per heavy atom. The molecule has 8 nitrogen and oxygen atoms in total. The van der Waals surface area contributed by atoms with E-state index in [1.54, 1.807) is 0 Å². The topological polar surface area (TPSA) is 125 Å². The van der Waals surface area contributed by atoms with Crippen molar-refractivity contribution in [2.45, 2.75) is 31.4 Å². The zero-order valence-corrected chi connectivity index (χ0v) is 17.7. The molecule has 4 N–H and O–H groups in total. The number of carboxylic acid groups (broad SMARTS) is 1. The number of carbonyl (C=O) groups excluding carboxylic acids is 2. The van der Waals surface area contributed by atoms with Gasteiger partial charge in [0.05, 0.1) is 6.10 Å². The summed E-state index contributed by atoms with van der Waals surface area (Å²) in [6.45, 7) is 1.78. The molecular formula is C24H26N2O6. The van der Waals surface area contributed by atoms with E-state index >= 15 is 0 Å². The number of aliphatic hydroxyl groups excluding tert-OH is 1. The quantitative estimate of drug-likeness (QED) is 0.500. The van der Waals surface area contributed by atoms with Crippen molar-refractivity contribution in [1.29, 1.82) is 0 Å². The van der Waals surface area contributed by atoms with Crippen LogP contribution in [0, 0.1) is 11.8 Å². The number of benzene rings is 2. The number of carboxylic acids is 1. The molecule has 8 heteroatoms. The summed E-state index contributed by atoms with van der Waals surface area (Å²) >= 11 is 0. The smallest absolute Gasteiger partial charge is 0.407 e. The molecule has 168 valence electrons. The van der Waals surface area contributed by atoms with Crippen LogP contribution in [0.2, 0.25) is 0 Å². The highest BCUT2D eigenvalue weighted by atomic mass is 16.5. The van der Waals surface area contributed by atoms with Gasteiger partial charge < -0.3 is 25.6 Å². The summed E-state index contributed by atoms with van der Waals surface area (Å²) in [5.74, 6) is -2.22. The van der Waals surface area contributed by atoms with Crippen LogP contribution in [-0.4, -0.2) is 53.5 Å². The van der Waals surface area contributed by atoms with Gasteiger partial charge in [0.2, 0.25) is 5.91 Å². The Labute approximate surface area is 185 Å². The molecule has 0 radical (unpaired) electrons. The fourth-order valence-corrected chi connectivity index (χ4v) is 4.31. The fraction of sp³-hybridized carbons (Fsp3) is 0.375. The second-order valence-electron chi connectivity index (χ2n) is 8.37. The van der Waals surface area contributed by atoms with Crippen molar-refractivity contribution in [2.75, 3.05) is 13.2 Å². The monoisotopic (exact) mass is 438 g/mol. The van der Waals surface area contributed by atoms with E-state index in [9.17, 15) is 19.5 Å². The molecular weight excluding hydrogens is 412 g/mol. The molecule has 0 saturated heterocycles. The molecule has 2 unspecified atom stereocenters. The maximum atomic E-state index is 12.2. The van der Waals surface area contributed by atoms with Crippen molar-refractivity contribution in [1.82, 2.24) is 10.6 Å². The number of fused-ring (bicyclic) bond motifs is 3. The summed E-state index contributed by atoms with van der Waals surface area (Å²) in [6.07, 6.45) is -1.21. The second kappa shape index (κ2) is 9.00. The highest BCUT2D eigenvalue weighted by Crippen LogP contribution is 2.44. The molecule has 2 amide bonds. The van der Waals surface area contributed by atoms with Gasteiger partial charge in [0.25, 0.3) is 0 Å². The third kappa shape index (κ3) is 4.45. The van der Waals surface area contributed by atoms with Crippen LogP contribution in [0.4, 0.5) is 4.79 Å². The van der Waals surface area contributed by atoms with Gasteiger partial charge in [-0.25, -0.2) is 9.59 Å². The highest BCUT2D eigenvalue weighted by molar-refractivity contribution is 5.87. The summed E-state index contributed by atoms with van der Waals surface area (Å²) in [6, 6.07) is 14.8. The number of hydrogen-bond donors (Lipinski definition) is 4. The maximum absolute atomic E-state index is 12.2. The standard InChI is InChI=1S/C24H26N2O6/c1-13(27)21(23(29)30)26-22(28)19-10-14(19)11-25-24(31)32-12-20-17-8-4-2-6-15(17)16-7-3-5-9-18(16)20/h2-9,13-14,19-21,27H,10-12H2,1H3,(H,25,31)(H,26,28)(H,29,30)/t13?,14-,19-,21?/m1/s1. The number of alkyl carbamates (subject to hydrolysis) is 1. The van der Waals surface area contributed by atoms with E-state index in [1.165, 1.54) is 6.92 Å². The molecule has 0 spiro atoms.